The molecule has 0 N–H and O–H groups in total. The lowest BCUT2D eigenvalue weighted by Gasteiger charge is -2.38. The maximum Gasteiger partial charge on any atom is 0.226 e. The first-order chi connectivity index (χ1) is 11.9. The molecule has 7 heteroatoms. The lowest BCUT2D eigenvalue weighted by atomic mass is 9.94. The van der Waals surface area contributed by atoms with E-state index in [9.17, 15) is 9.59 Å². The van der Waals surface area contributed by atoms with Gasteiger partial charge in [0.1, 0.15) is 5.82 Å². The van der Waals surface area contributed by atoms with Gasteiger partial charge in [0, 0.05) is 32.5 Å². The molecule has 0 radical (unpaired) electrons. The molecule has 1 atom stereocenters. The molecule has 3 rings (SSSR count). The first kappa shape index (κ1) is 17.9. The Morgan fingerprint density at radius 1 is 1.16 bits per heavy atom. The van der Waals surface area contributed by atoms with Crippen LogP contribution in [0.3, 0.4) is 0 Å². The molecular weight excluding hydrogens is 318 g/mol. The number of fused-ring (bicyclic) bond motifs is 1. The molecule has 0 aromatic carbocycles. The lowest BCUT2D eigenvalue weighted by molar-refractivity contribution is -0.141. The van der Waals surface area contributed by atoms with Gasteiger partial charge in [0.2, 0.25) is 11.8 Å². The average molecular weight is 347 g/mol. The Morgan fingerprint density at radius 3 is 2.44 bits per heavy atom. The van der Waals surface area contributed by atoms with Crippen molar-refractivity contribution in [2.75, 3.05) is 19.6 Å². The van der Waals surface area contributed by atoms with Crippen molar-refractivity contribution < 1.29 is 9.59 Å². The van der Waals surface area contributed by atoms with Crippen LogP contribution >= 0.6 is 0 Å². The van der Waals surface area contributed by atoms with Gasteiger partial charge in [0.15, 0.2) is 5.82 Å². The average Bonchev–Trinajstić information content (AvgIpc) is 2.95. The summed E-state index contributed by atoms with van der Waals surface area (Å²) in [5, 5.41) is 8.52. The van der Waals surface area contributed by atoms with Crippen molar-refractivity contribution in [2.24, 2.45) is 11.8 Å². The molecule has 0 aliphatic carbocycles. The van der Waals surface area contributed by atoms with E-state index in [1.165, 1.54) is 0 Å². The van der Waals surface area contributed by atoms with Gasteiger partial charge in [-0.1, -0.05) is 13.8 Å². The van der Waals surface area contributed by atoms with E-state index in [2.05, 4.69) is 28.6 Å². The highest BCUT2D eigenvalue weighted by atomic mass is 16.2. The van der Waals surface area contributed by atoms with Gasteiger partial charge in [-0.05, 0) is 32.1 Å². The van der Waals surface area contributed by atoms with Crippen molar-refractivity contribution >= 4 is 11.8 Å². The normalized spacial score (nSPS) is 21.6. The highest BCUT2D eigenvalue weighted by molar-refractivity contribution is 5.80. The molecule has 0 bridgehead atoms. The van der Waals surface area contributed by atoms with Gasteiger partial charge in [0.25, 0.3) is 0 Å². The number of rotatable bonds is 3. The second kappa shape index (κ2) is 7.14. The van der Waals surface area contributed by atoms with Gasteiger partial charge in [-0.2, -0.15) is 0 Å². The smallest absolute Gasteiger partial charge is 0.226 e. The fourth-order valence-corrected chi connectivity index (χ4v) is 4.16. The molecule has 1 fully saturated rings. The fraction of sp³-hybridized carbons (Fsp3) is 0.778. The predicted octanol–water partition coefficient (Wildman–Crippen LogP) is 1.77. The van der Waals surface area contributed by atoms with Crippen LogP contribution in [0.15, 0.2) is 0 Å². The van der Waals surface area contributed by atoms with Crippen LogP contribution < -0.4 is 0 Å². The van der Waals surface area contributed by atoms with E-state index in [1.54, 1.807) is 6.92 Å². The molecule has 1 aromatic heterocycles. The van der Waals surface area contributed by atoms with E-state index in [4.69, 9.17) is 0 Å². The van der Waals surface area contributed by atoms with Gasteiger partial charge in [0.05, 0.1) is 12.6 Å². The molecule has 7 nitrogen and oxygen atoms in total. The van der Waals surface area contributed by atoms with E-state index in [1.807, 2.05) is 16.7 Å². The van der Waals surface area contributed by atoms with Gasteiger partial charge in [-0.25, -0.2) is 0 Å². The Kier molecular flexibility index (Phi) is 5.11. The van der Waals surface area contributed by atoms with Crippen LogP contribution in [0.25, 0.3) is 0 Å². The van der Waals surface area contributed by atoms with Crippen molar-refractivity contribution in [1.29, 1.82) is 0 Å². The third-order valence-corrected chi connectivity index (χ3v) is 5.41. The number of amides is 2. The molecule has 3 heterocycles. The minimum Gasteiger partial charge on any atom is -0.343 e. The summed E-state index contributed by atoms with van der Waals surface area (Å²) < 4.78 is 2.21. The molecule has 25 heavy (non-hydrogen) atoms. The Bertz CT molecular complexity index is 646. The van der Waals surface area contributed by atoms with Crippen molar-refractivity contribution in [2.45, 2.75) is 59.5 Å². The van der Waals surface area contributed by atoms with Gasteiger partial charge in [-0.15, -0.1) is 10.2 Å². The SMILES string of the molecule is CC(=O)N1CCC(C(=O)N2Cc3nnc(C)n3[C@@H](CC(C)C)C2)CC1. The molecule has 2 amide bonds. The van der Waals surface area contributed by atoms with Crippen molar-refractivity contribution in [3.63, 3.8) is 0 Å². The van der Waals surface area contributed by atoms with Crippen LogP contribution in [0, 0.1) is 18.8 Å². The van der Waals surface area contributed by atoms with Crippen molar-refractivity contribution in [1.82, 2.24) is 24.6 Å². The van der Waals surface area contributed by atoms with Crippen LogP contribution in [-0.4, -0.2) is 56.0 Å². The molecule has 0 saturated carbocycles. The summed E-state index contributed by atoms with van der Waals surface area (Å²) in [6.07, 6.45) is 2.53. The van der Waals surface area contributed by atoms with Crippen LogP contribution in [-0.2, 0) is 16.1 Å². The summed E-state index contributed by atoms with van der Waals surface area (Å²) in [7, 11) is 0. The van der Waals surface area contributed by atoms with Crippen molar-refractivity contribution in [3.8, 4) is 0 Å². The standard InChI is InChI=1S/C18H29N5O2/c1-12(2)9-16-10-22(11-17-20-19-13(3)23(16)17)18(25)15-5-7-21(8-6-15)14(4)24/h12,15-16H,5-11H2,1-4H3/t16-/m0/s1. The van der Waals surface area contributed by atoms with E-state index in [-0.39, 0.29) is 23.8 Å². The number of aromatic nitrogens is 3. The summed E-state index contributed by atoms with van der Waals surface area (Å²) in [4.78, 5) is 28.3. The van der Waals surface area contributed by atoms with Crippen LogP contribution in [0.2, 0.25) is 0 Å². The number of piperidine rings is 1. The van der Waals surface area contributed by atoms with Gasteiger partial charge < -0.3 is 14.4 Å². The van der Waals surface area contributed by atoms with Crippen LogP contribution in [0.5, 0.6) is 0 Å². The molecule has 2 aliphatic heterocycles. The molecule has 1 aromatic rings. The summed E-state index contributed by atoms with van der Waals surface area (Å²) in [5.74, 6) is 2.71. The summed E-state index contributed by atoms with van der Waals surface area (Å²) in [6.45, 7) is 10.6. The summed E-state index contributed by atoms with van der Waals surface area (Å²) in [5.41, 5.74) is 0. The molecule has 2 aliphatic rings. The van der Waals surface area contributed by atoms with Gasteiger partial charge in [-0.3, -0.25) is 9.59 Å². The Morgan fingerprint density at radius 2 is 1.84 bits per heavy atom. The monoisotopic (exact) mass is 347 g/mol. The van der Waals surface area contributed by atoms with Crippen molar-refractivity contribution in [3.05, 3.63) is 11.6 Å². The number of hydrogen-bond donors (Lipinski definition) is 0. The van der Waals surface area contributed by atoms with E-state index in [0.717, 1.165) is 37.5 Å². The molecule has 0 unspecified atom stereocenters. The molecule has 138 valence electrons. The first-order valence-electron chi connectivity index (χ1n) is 9.31. The Hall–Kier alpha value is -1.92. The molecular formula is C18H29N5O2. The van der Waals surface area contributed by atoms with E-state index < -0.39 is 0 Å². The maximum atomic E-state index is 13.0. The Balaban J connectivity index is 1.71. The topological polar surface area (TPSA) is 71.3 Å². The predicted molar refractivity (Wildman–Crippen MR) is 93.6 cm³/mol. The van der Waals surface area contributed by atoms with E-state index in [0.29, 0.717) is 25.6 Å². The number of likely N-dealkylation sites (tertiary alicyclic amines) is 1. The third-order valence-electron chi connectivity index (χ3n) is 5.41. The number of carbonyl (C=O) groups excluding carboxylic acids is 2. The molecule has 1 saturated heterocycles. The second-order valence-electron chi connectivity index (χ2n) is 7.82. The third kappa shape index (κ3) is 3.70. The zero-order valence-corrected chi connectivity index (χ0v) is 15.7. The molecule has 0 spiro atoms. The maximum absolute atomic E-state index is 13.0. The number of aryl methyl sites for hydroxylation is 1. The zero-order chi connectivity index (χ0) is 18.1. The van der Waals surface area contributed by atoms with E-state index >= 15 is 0 Å². The lowest BCUT2D eigenvalue weighted by Crippen LogP contribution is -2.47. The Labute approximate surface area is 149 Å². The minimum atomic E-state index is 0.0193. The largest absolute Gasteiger partial charge is 0.343 e. The highest BCUT2D eigenvalue weighted by Crippen LogP contribution is 2.29. The van der Waals surface area contributed by atoms with Gasteiger partial charge >= 0.3 is 0 Å². The number of carbonyl (C=O) groups is 2. The second-order valence-corrected chi connectivity index (χ2v) is 7.82. The number of nitrogens with zero attached hydrogens (tertiary/aromatic N) is 5. The summed E-state index contributed by atoms with van der Waals surface area (Å²) >= 11 is 0. The minimum absolute atomic E-state index is 0.0193. The highest BCUT2D eigenvalue weighted by Gasteiger charge is 2.35. The zero-order valence-electron chi connectivity index (χ0n) is 15.7. The fourth-order valence-electron chi connectivity index (χ4n) is 4.16. The first-order valence-corrected chi connectivity index (χ1v) is 9.31. The van der Waals surface area contributed by atoms with Crippen LogP contribution in [0.1, 0.15) is 57.7 Å². The number of hydrogen-bond acceptors (Lipinski definition) is 4. The van der Waals surface area contributed by atoms with Crippen LogP contribution in [0.4, 0.5) is 0 Å². The summed E-state index contributed by atoms with van der Waals surface area (Å²) in [6, 6.07) is 0.250. The quantitative estimate of drug-likeness (QED) is 0.835.